The van der Waals surface area contributed by atoms with Crippen LogP contribution in [-0.2, 0) is 0 Å². The van der Waals surface area contributed by atoms with Gasteiger partial charge in [0, 0.05) is 0 Å². The minimum absolute atomic E-state index is 0.0907. The third-order valence-corrected chi connectivity index (χ3v) is 7.75. The number of nitrogens with zero attached hydrogens (tertiary/aromatic N) is 2. The predicted octanol–water partition coefficient (Wildman–Crippen LogP) is 1.76. The molecule has 7 nitrogen and oxygen atoms in total. The molecule has 0 saturated heterocycles. The summed E-state index contributed by atoms with van der Waals surface area (Å²) >= 11 is -1.80. The molecule has 0 unspecified atom stereocenters. The van der Waals surface area contributed by atoms with Crippen molar-refractivity contribution in [3.05, 3.63) is 52.3 Å². The van der Waals surface area contributed by atoms with Gasteiger partial charge in [-0.15, -0.1) is 0 Å². The van der Waals surface area contributed by atoms with Crippen LogP contribution in [0.15, 0.2) is 41.3 Å². The summed E-state index contributed by atoms with van der Waals surface area (Å²) in [5, 5.41) is 19.7. The number of aromatic carboxylic acids is 1. The SMILES string of the molecule is COc1ccc(-n2cc(C(=O)O)c(=O)c3cc[c]([Sn]([CH3])[CH3])nc32)cc1O. The van der Waals surface area contributed by atoms with E-state index in [1.807, 2.05) is 0 Å². The van der Waals surface area contributed by atoms with Crippen LogP contribution in [0.4, 0.5) is 0 Å². The van der Waals surface area contributed by atoms with E-state index in [0.717, 1.165) is 3.71 Å². The quantitative estimate of drug-likeness (QED) is 0.576. The second kappa shape index (κ2) is 6.99. The average molecular weight is 460 g/mol. The number of ether oxygens (including phenoxy) is 1. The molecule has 1 aromatic carbocycles. The van der Waals surface area contributed by atoms with Crippen LogP contribution >= 0.6 is 0 Å². The molecule has 0 atom stereocenters. The standard InChI is InChI=1S/C16H11N2O5.2CH3.Sn/c1-23-13-5-4-9(7-12(13)19)18-8-11(16(21)22)14(20)10-3-2-6-17-15(10)18;;;/h2-5,7-8,19H,1H3,(H,21,22);2*1H3;. The molecule has 0 aliphatic rings. The fourth-order valence-corrected chi connectivity index (χ4v) is 4.79. The van der Waals surface area contributed by atoms with Crippen molar-refractivity contribution < 1.29 is 19.7 Å². The zero-order chi connectivity index (χ0) is 19.0. The number of benzene rings is 1. The molecule has 0 spiro atoms. The Bertz CT molecular complexity index is 1080. The summed E-state index contributed by atoms with van der Waals surface area (Å²) in [7, 11) is 1.44. The molecule has 0 aliphatic heterocycles. The van der Waals surface area contributed by atoms with Crippen LogP contribution in [0.3, 0.4) is 0 Å². The molecule has 0 aliphatic carbocycles. The van der Waals surface area contributed by atoms with E-state index >= 15 is 0 Å². The van der Waals surface area contributed by atoms with Gasteiger partial charge in [-0.05, 0) is 0 Å². The molecule has 8 heteroatoms. The number of fused-ring (bicyclic) bond motifs is 1. The number of hydrogen-bond donors (Lipinski definition) is 2. The zero-order valence-electron chi connectivity index (χ0n) is 14.5. The molecule has 3 rings (SSSR count). The molecular weight excluding hydrogens is 443 g/mol. The first-order valence-electron chi connectivity index (χ1n) is 7.81. The molecule has 0 fully saturated rings. The summed E-state index contributed by atoms with van der Waals surface area (Å²) in [6.07, 6.45) is 1.25. The predicted molar refractivity (Wildman–Crippen MR) is 99.6 cm³/mol. The second-order valence-electron chi connectivity index (χ2n) is 5.97. The molecule has 26 heavy (non-hydrogen) atoms. The van der Waals surface area contributed by atoms with Crippen molar-refractivity contribution in [1.82, 2.24) is 9.55 Å². The fourth-order valence-electron chi connectivity index (χ4n) is 2.66. The first-order chi connectivity index (χ1) is 12.3. The van der Waals surface area contributed by atoms with E-state index in [1.165, 1.54) is 23.9 Å². The maximum atomic E-state index is 12.5. The number of phenols is 1. The zero-order valence-corrected chi connectivity index (χ0v) is 17.3. The van der Waals surface area contributed by atoms with Gasteiger partial charge in [0.25, 0.3) is 0 Å². The topological polar surface area (TPSA) is 102 Å². The Balaban J connectivity index is 2.39. The van der Waals surface area contributed by atoms with E-state index in [4.69, 9.17) is 4.74 Å². The van der Waals surface area contributed by atoms with Gasteiger partial charge < -0.3 is 0 Å². The van der Waals surface area contributed by atoms with E-state index in [9.17, 15) is 19.8 Å². The molecule has 3 aromatic rings. The third-order valence-electron chi connectivity index (χ3n) is 4.03. The number of pyridine rings is 2. The van der Waals surface area contributed by atoms with Crippen molar-refractivity contribution in [1.29, 1.82) is 0 Å². The number of aromatic nitrogens is 2. The van der Waals surface area contributed by atoms with Crippen LogP contribution in [0.2, 0.25) is 9.88 Å². The van der Waals surface area contributed by atoms with Crippen LogP contribution in [0.25, 0.3) is 16.7 Å². The van der Waals surface area contributed by atoms with Gasteiger partial charge in [0.15, 0.2) is 0 Å². The summed E-state index contributed by atoms with van der Waals surface area (Å²) in [4.78, 5) is 33.0. The summed E-state index contributed by atoms with van der Waals surface area (Å²) in [5.74, 6) is -1.11. The number of methoxy groups -OCH3 is 1. The number of rotatable bonds is 4. The molecule has 2 N–H and O–H groups in total. The van der Waals surface area contributed by atoms with Crippen molar-refractivity contribution in [3.8, 4) is 17.2 Å². The molecule has 1 radical (unpaired) electrons. The Morgan fingerprint density at radius 1 is 1.23 bits per heavy atom. The third kappa shape index (κ3) is 3.14. The van der Waals surface area contributed by atoms with Crippen LogP contribution in [-0.4, -0.2) is 52.6 Å². The van der Waals surface area contributed by atoms with E-state index in [0.29, 0.717) is 17.1 Å². The number of carbonyl (C=O) groups is 1. The van der Waals surface area contributed by atoms with Crippen LogP contribution in [0.1, 0.15) is 10.4 Å². The number of hydrogen-bond acceptors (Lipinski definition) is 5. The van der Waals surface area contributed by atoms with Gasteiger partial charge in [0.2, 0.25) is 0 Å². The normalized spacial score (nSPS) is 11.1. The van der Waals surface area contributed by atoms with Crippen LogP contribution in [0.5, 0.6) is 11.5 Å². The van der Waals surface area contributed by atoms with Crippen molar-refractivity contribution in [3.63, 3.8) is 0 Å². The van der Waals surface area contributed by atoms with E-state index in [1.54, 1.807) is 24.3 Å². The van der Waals surface area contributed by atoms with Crippen molar-refractivity contribution >= 4 is 40.5 Å². The number of aromatic hydroxyl groups is 1. The van der Waals surface area contributed by atoms with E-state index in [2.05, 4.69) is 14.9 Å². The van der Waals surface area contributed by atoms with Gasteiger partial charge in [-0.25, -0.2) is 0 Å². The van der Waals surface area contributed by atoms with E-state index in [-0.39, 0.29) is 16.7 Å². The summed E-state index contributed by atoms with van der Waals surface area (Å²) in [6, 6.07) is 8.12. The monoisotopic (exact) mass is 461 g/mol. The minimum atomic E-state index is -1.80. The van der Waals surface area contributed by atoms with Crippen molar-refractivity contribution in [2.75, 3.05) is 7.11 Å². The summed E-state index contributed by atoms with van der Waals surface area (Å²) in [6.45, 7) is 0. The van der Waals surface area contributed by atoms with Gasteiger partial charge in [0.1, 0.15) is 0 Å². The Hall–Kier alpha value is -2.55. The first kappa shape index (κ1) is 18.2. The maximum absolute atomic E-state index is 12.5. The molecule has 133 valence electrons. The van der Waals surface area contributed by atoms with Gasteiger partial charge in [-0.2, -0.15) is 0 Å². The number of phenolic OH excluding ortho intramolecular Hbond substituents is 1. The van der Waals surface area contributed by atoms with Gasteiger partial charge >= 0.3 is 156 Å². The molecule has 2 aromatic heterocycles. The Labute approximate surface area is 156 Å². The number of carboxylic acid groups (broad SMARTS) is 1. The first-order valence-corrected chi connectivity index (χ1v) is 14.9. The second-order valence-corrected chi connectivity index (χ2v) is 13.1. The molecule has 2 heterocycles. The number of carboxylic acids is 1. The average Bonchev–Trinajstić information content (AvgIpc) is 2.61. The summed E-state index contributed by atoms with van der Waals surface area (Å²) in [5.41, 5.74) is -0.0613. The Morgan fingerprint density at radius 3 is 2.54 bits per heavy atom. The Morgan fingerprint density at radius 2 is 1.96 bits per heavy atom. The van der Waals surface area contributed by atoms with Crippen LogP contribution < -0.4 is 13.9 Å². The van der Waals surface area contributed by atoms with Gasteiger partial charge in [-0.3, -0.25) is 0 Å². The fraction of sp³-hybridized carbons (Fsp3) is 0.167. The van der Waals surface area contributed by atoms with Gasteiger partial charge in [-0.1, -0.05) is 0 Å². The molecule has 0 bridgehead atoms. The molecular formula is C18H17N2O5Sn. The molecule has 0 saturated carbocycles. The Kier molecular flexibility index (Phi) is 4.90. The molecule has 0 amide bonds. The van der Waals surface area contributed by atoms with Crippen molar-refractivity contribution in [2.45, 2.75) is 9.88 Å². The van der Waals surface area contributed by atoms with Gasteiger partial charge in [0.05, 0.1) is 0 Å². The summed E-state index contributed by atoms with van der Waals surface area (Å²) < 4.78 is 7.53. The van der Waals surface area contributed by atoms with E-state index < -0.39 is 31.2 Å². The van der Waals surface area contributed by atoms with Crippen molar-refractivity contribution in [2.24, 2.45) is 0 Å². The van der Waals surface area contributed by atoms with Crippen LogP contribution in [0, 0.1) is 0 Å².